The van der Waals surface area contributed by atoms with Crippen LogP contribution in [0.2, 0.25) is 0 Å². The van der Waals surface area contributed by atoms with E-state index in [2.05, 4.69) is 0 Å². The number of nitrogens with two attached hydrogens (primary N) is 2. The maximum Gasteiger partial charge on any atom is 0.234 e. The van der Waals surface area contributed by atoms with Crippen LogP contribution in [0.25, 0.3) is 0 Å². The largest absolute Gasteiger partial charge is 0.368 e. The van der Waals surface area contributed by atoms with Crippen LogP contribution >= 0.6 is 0 Å². The number of likely N-dealkylation sites (N-methyl/N-ethyl adjacent to an activating group) is 1. The van der Waals surface area contributed by atoms with Gasteiger partial charge in [-0.25, -0.2) is 0 Å². The minimum atomic E-state index is -0.287. The summed E-state index contributed by atoms with van der Waals surface area (Å²) in [5.74, 6) is -0.287. The van der Waals surface area contributed by atoms with Gasteiger partial charge in [0.1, 0.15) is 0 Å². The van der Waals surface area contributed by atoms with Crippen LogP contribution in [0.15, 0.2) is 0 Å². The topological polar surface area (TPSA) is 72.4 Å². The van der Waals surface area contributed by atoms with Crippen molar-refractivity contribution in [1.82, 2.24) is 4.90 Å². The van der Waals surface area contributed by atoms with E-state index in [-0.39, 0.29) is 11.9 Å². The zero-order chi connectivity index (χ0) is 8.85. The van der Waals surface area contributed by atoms with Crippen molar-refractivity contribution in [3.8, 4) is 0 Å². The number of hydrogen-bond acceptors (Lipinski definition) is 3. The predicted octanol–water partition coefficient (Wildman–Crippen LogP) is -0.859. The SMILES string of the molecule is CC(C(N)=O)N(C)CCCN. The summed E-state index contributed by atoms with van der Waals surface area (Å²) in [5.41, 5.74) is 10.4. The van der Waals surface area contributed by atoms with E-state index in [9.17, 15) is 4.79 Å². The van der Waals surface area contributed by atoms with E-state index in [4.69, 9.17) is 11.5 Å². The van der Waals surface area contributed by atoms with Crippen LogP contribution < -0.4 is 11.5 Å². The molecule has 0 aliphatic carbocycles. The Labute approximate surface area is 67.5 Å². The molecule has 11 heavy (non-hydrogen) atoms. The molecule has 0 fully saturated rings. The number of amides is 1. The number of nitrogens with zero attached hydrogens (tertiary/aromatic N) is 1. The Bertz CT molecular complexity index is 127. The molecule has 0 bridgehead atoms. The minimum Gasteiger partial charge on any atom is -0.368 e. The summed E-state index contributed by atoms with van der Waals surface area (Å²) in [6.45, 7) is 3.26. The lowest BCUT2D eigenvalue weighted by Crippen LogP contribution is -2.41. The average molecular weight is 159 g/mol. The van der Waals surface area contributed by atoms with Crippen molar-refractivity contribution in [3.63, 3.8) is 0 Å². The average Bonchev–Trinajstić information content (AvgIpc) is 1.98. The maximum atomic E-state index is 10.7. The molecule has 0 radical (unpaired) electrons. The third-order valence-corrected chi connectivity index (χ3v) is 1.79. The number of carbonyl (C=O) groups is 1. The van der Waals surface area contributed by atoms with E-state index >= 15 is 0 Å². The summed E-state index contributed by atoms with van der Waals surface area (Å²) in [7, 11) is 1.87. The second-order valence-electron chi connectivity index (χ2n) is 2.70. The first kappa shape index (κ1) is 10.4. The third kappa shape index (κ3) is 3.95. The molecule has 1 unspecified atom stereocenters. The van der Waals surface area contributed by atoms with Crippen molar-refractivity contribution in [3.05, 3.63) is 0 Å². The standard InChI is InChI=1S/C7H17N3O/c1-6(7(9)11)10(2)5-3-4-8/h6H,3-5,8H2,1-2H3,(H2,9,11). The van der Waals surface area contributed by atoms with Crippen LogP contribution in [0.5, 0.6) is 0 Å². The highest BCUT2D eigenvalue weighted by molar-refractivity contribution is 5.79. The van der Waals surface area contributed by atoms with E-state index < -0.39 is 0 Å². The molecule has 1 atom stereocenters. The lowest BCUT2D eigenvalue weighted by Gasteiger charge is -2.21. The molecule has 0 rings (SSSR count). The molecule has 4 N–H and O–H groups in total. The smallest absolute Gasteiger partial charge is 0.234 e. The quantitative estimate of drug-likeness (QED) is 0.548. The van der Waals surface area contributed by atoms with Gasteiger partial charge in [-0.2, -0.15) is 0 Å². The van der Waals surface area contributed by atoms with Crippen molar-refractivity contribution in [2.45, 2.75) is 19.4 Å². The molecule has 1 amide bonds. The summed E-state index contributed by atoms with van der Waals surface area (Å²) in [5, 5.41) is 0. The van der Waals surface area contributed by atoms with Crippen LogP contribution in [-0.2, 0) is 4.79 Å². The van der Waals surface area contributed by atoms with Crippen LogP contribution in [0, 0.1) is 0 Å². The first-order valence-corrected chi connectivity index (χ1v) is 3.79. The van der Waals surface area contributed by atoms with Gasteiger partial charge in [-0.3, -0.25) is 9.69 Å². The highest BCUT2D eigenvalue weighted by Crippen LogP contribution is 1.94. The Balaban J connectivity index is 3.63. The number of hydrogen-bond donors (Lipinski definition) is 2. The van der Waals surface area contributed by atoms with Gasteiger partial charge < -0.3 is 11.5 Å². The molecular weight excluding hydrogens is 142 g/mol. The van der Waals surface area contributed by atoms with Gasteiger partial charge in [0.2, 0.25) is 5.91 Å². The summed E-state index contributed by atoms with van der Waals surface area (Å²) in [4.78, 5) is 12.6. The molecule has 4 nitrogen and oxygen atoms in total. The van der Waals surface area contributed by atoms with Gasteiger partial charge in [-0.15, -0.1) is 0 Å². The molecule has 0 aromatic heterocycles. The normalized spacial score (nSPS) is 13.5. The zero-order valence-corrected chi connectivity index (χ0v) is 7.21. The monoisotopic (exact) mass is 159 g/mol. The first-order valence-electron chi connectivity index (χ1n) is 3.79. The van der Waals surface area contributed by atoms with Crippen molar-refractivity contribution in [2.24, 2.45) is 11.5 Å². The lowest BCUT2D eigenvalue weighted by atomic mass is 10.2. The first-order chi connectivity index (χ1) is 5.09. The molecule has 0 aliphatic heterocycles. The summed E-state index contributed by atoms with van der Waals surface area (Å²) < 4.78 is 0. The summed E-state index contributed by atoms with van der Waals surface area (Å²) in [6.07, 6.45) is 0.897. The number of primary amides is 1. The van der Waals surface area contributed by atoms with Gasteiger partial charge in [-0.1, -0.05) is 0 Å². The Hall–Kier alpha value is -0.610. The van der Waals surface area contributed by atoms with E-state index in [1.165, 1.54) is 0 Å². The van der Waals surface area contributed by atoms with Gasteiger partial charge in [0.05, 0.1) is 6.04 Å². The van der Waals surface area contributed by atoms with Crippen LogP contribution in [0.4, 0.5) is 0 Å². The Morgan fingerprint density at radius 3 is 2.55 bits per heavy atom. The molecular formula is C7H17N3O. The Kier molecular flexibility index (Phi) is 4.81. The van der Waals surface area contributed by atoms with Gasteiger partial charge in [-0.05, 0) is 33.5 Å². The molecule has 0 saturated heterocycles. The van der Waals surface area contributed by atoms with E-state index in [0.717, 1.165) is 13.0 Å². The lowest BCUT2D eigenvalue weighted by molar-refractivity contribution is -0.122. The van der Waals surface area contributed by atoms with Gasteiger partial charge in [0, 0.05) is 0 Å². The van der Waals surface area contributed by atoms with Crippen LogP contribution in [0.3, 0.4) is 0 Å². The van der Waals surface area contributed by atoms with Crippen molar-refractivity contribution in [1.29, 1.82) is 0 Å². The fourth-order valence-electron chi connectivity index (χ4n) is 0.752. The summed E-state index contributed by atoms with van der Waals surface area (Å²) in [6, 6.07) is -0.193. The second-order valence-corrected chi connectivity index (χ2v) is 2.70. The van der Waals surface area contributed by atoms with E-state index in [1.807, 2.05) is 11.9 Å². The van der Waals surface area contributed by atoms with E-state index in [1.54, 1.807) is 6.92 Å². The molecule has 0 aromatic carbocycles. The van der Waals surface area contributed by atoms with Crippen molar-refractivity contribution < 1.29 is 4.79 Å². The molecule has 0 saturated carbocycles. The molecule has 0 aliphatic rings. The highest BCUT2D eigenvalue weighted by Gasteiger charge is 2.12. The third-order valence-electron chi connectivity index (χ3n) is 1.79. The van der Waals surface area contributed by atoms with Gasteiger partial charge >= 0.3 is 0 Å². The Morgan fingerprint density at radius 2 is 2.18 bits per heavy atom. The number of carbonyl (C=O) groups excluding carboxylic acids is 1. The molecule has 0 aromatic rings. The minimum absolute atomic E-state index is 0.193. The Morgan fingerprint density at radius 1 is 1.64 bits per heavy atom. The van der Waals surface area contributed by atoms with Gasteiger partial charge in [0.15, 0.2) is 0 Å². The molecule has 4 heteroatoms. The predicted molar refractivity (Wildman–Crippen MR) is 45.0 cm³/mol. The second kappa shape index (κ2) is 5.09. The number of rotatable bonds is 5. The maximum absolute atomic E-state index is 10.7. The fraction of sp³-hybridized carbons (Fsp3) is 0.857. The molecule has 66 valence electrons. The molecule has 0 spiro atoms. The van der Waals surface area contributed by atoms with Gasteiger partial charge in [0.25, 0.3) is 0 Å². The zero-order valence-electron chi connectivity index (χ0n) is 7.21. The van der Waals surface area contributed by atoms with Crippen molar-refractivity contribution in [2.75, 3.05) is 20.1 Å². The van der Waals surface area contributed by atoms with Crippen LogP contribution in [0.1, 0.15) is 13.3 Å². The van der Waals surface area contributed by atoms with E-state index in [0.29, 0.717) is 6.54 Å². The fourth-order valence-corrected chi connectivity index (χ4v) is 0.752. The van der Waals surface area contributed by atoms with Crippen molar-refractivity contribution >= 4 is 5.91 Å². The van der Waals surface area contributed by atoms with Crippen LogP contribution in [-0.4, -0.2) is 37.0 Å². The molecule has 0 heterocycles. The summed E-state index contributed by atoms with van der Waals surface area (Å²) >= 11 is 0. The highest BCUT2D eigenvalue weighted by atomic mass is 16.1.